The molecule has 1 aliphatic rings. The largest absolute Gasteiger partial charge is 0.381 e. The Morgan fingerprint density at radius 3 is 2.81 bits per heavy atom. The van der Waals surface area contributed by atoms with Gasteiger partial charge in [-0.3, -0.25) is 0 Å². The number of nitrogens with one attached hydrogen (secondary N) is 1. The summed E-state index contributed by atoms with van der Waals surface area (Å²) in [6.45, 7) is 6.09. The lowest BCUT2D eigenvalue weighted by Gasteiger charge is -2.36. The molecule has 114 valence electrons. The number of methoxy groups -OCH3 is 1. The second-order valence-electron chi connectivity index (χ2n) is 5.61. The first-order chi connectivity index (χ1) is 10.1. The summed E-state index contributed by atoms with van der Waals surface area (Å²) < 4.78 is 16.5. The van der Waals surface area contributed by atoms with E-state index in [-0.39, 0.29) is 5.60 Å². The molecular weight excluding hydrogens is 270 g/mol. The summed E-state index contributed by atoms with van der Waals surface area (Å²) in [5.74, 6) is 0. The number of hydrogen-bond donors (Lipinski definition) is 1. The molecule has 0 atom stereocenters. The molecule has 6 heteroatoms. The topological polar surface area (TPSA) is 69.4 Å². The smallest absolute Gasteiger partial charge is 0.260 e. The van der Waals surface area contributed by atoms with Crippen molar-refractivity contribution in [2.75, 3.05) is 32.2 Å². The first-order valence-electron chi connectivity index (χ1n) is 7.24. The van der Waals surface area contributed by atoms with Crippen LogP contribution in [0.25, 0.3) is 11.1 Å². The predicted molar refractivity (Wildman–Crippen MR) is 79.6 cm³/mol. The number of aromatic nitrogens is 2. The van der Waals surface area contributed by atoms with Gasteiger partial charge in [0.15, 0.2) is 0 Å². The van der Waals surface area contributed by atoms with E-state index in [0.29, 0.717) is 5.71 Å². The van der Waals surface area contributed by atoms with Crippen molar-refractivity contribution in [2.45, 2.75) is 32.3 Å². The Morgan fingerprint density at radius 2 is 2.10 bits per heavy atom. The van der Waals surface area contributed by atoms with Crippen molar-refractivity contribution in [2.24, 2.45) is 0 Å². The van der Waals surface area contributed by atoms with E-state index in [2.05, 4.69) is 15.5 Å². The number of nitrogens with zero attached hydrogens (tertiary/aromatic N) is 2. The average molecular weight is 291 g/mol. The van der Waals surface area contributed by atoms with Gasteiger partial charge in [-0.25, -0.2) is 4.98 Å². The van der Waals surface area contributed by atoms with Gasteiger partial charge in [-0.1, -0.05) is 5.16 Å². The molecule has 0 saturated carbocycles. The molecule has 0 aromatic carbocycles. The number of pyridine rings is 1. The molecule has 1 saturated heterocycles. The number of fused-ring (bicyclic) bond motifs is 1. The highest BCUT2D eigenvalue weighted by molar-refractivity contribution is 5.90. The minimum absolute atomic E-state index is 0.174. The molecule has 1 aliphatic heterocycles. The van der Waals surface area contributed by atoms with Crippen molar-refractivity contribution in [3.63, 3.8) is 0 Å². The third kappa shape index (κ3) is 2.73. The molecule has 6 nitrogen and oxygen atoms in total. The summed E-state index contributed by atoms with van der Waals surface area (Å²) >= 11 is 0. The van der Waals surface area contributed by atoms with Crippen LogP contribution in [0.1, 0.15) is 24.2 Å². The maximum absolute atomic E-state index is 5.76. The first kappa shape index (κ1) is 14.3. The number of anilines is 1. The molecule has 21 heavy (non-hydrogen) atoms. The van der Waals surface area contributed by atoms with Gasteiger partial charge in [0.2, 0.25) is 0 Å². The van der Waals surface area contributed by atoms with Crippen molar-refractivity contribution < 1.29 is 14.0 Å². The summed E-state index contributed by atoms with van der Waals surface area (Å²) in [5.41, 5.74) is 3.15. The predicted octanol–water partition coefficient (Wildman–Crippen LogP) is 2.45. The Labute approximate surface area is 123 Å². The van der Waals surface area contributed by atoms with Crippen LogP contribution in [0, 0.1) is 13.8 Å². The average Bonchev–Trinajstić information content (AvgIpc) is 2.87. The van der Waals surface area contributed by atoms with E-state index < -0.39 is 0 Å². The highest BCUT2D eigenvalue weighted by Gasteiger charge is 2.32. The first-order valence-corrected chi connectivity index (χ1v) is 7.24. The van der Waals surface area contributed by atoms with Gasteiger partial charge in [0.1, 0.15) is 0 Å². The monoisotopic (exact) mass is 291 g/mol. The van der Waals surface area contributed by atoms with E-state index in [1.807, 2.05) is 19.9 Å². The van der Waals surface area contributed by atoms with Crippen LogP contribution in [0.3, 0.4) is 0 Å². The maximum Gasteiger partial charge on any atom is 0.260 e. The van der Waals surface area contributed by atoms with Gasteiger partial charge in [-0.05, 0) is 19.9 Å². The summed E-state index contributed by atoms with van der Waals surface area (Å²) in [6, 6.07) is 2.02. The van der Waals surface area contributed by atoms with Crippen LogP contribution in [0.15, 0.2) is 10.6 Å². The van der Waals surface area contributed by atoms with E-state index >= 15 is 0 Å². The van der Waals surface area contributed by atoms with Gasteiger partial charge < -0.3 is 19.3 Å². The van der Waals surface area contributed by atoms with Crippen molar-refractivity contribution in [3.8, 4) is 0 Å². The van der Waals surface area contributed by atoms with E-state index in [9.17, 15) is 0 Å². The fourth-order valence-electron chi connectivity index (χ4n) is 2.81. The molecule has 3 rings (SSSR count). The Kier molecular flexibility index (Phi) is 3.82. The van der Waals surface area contributed by atoms with Crippen molar-refractivity contribution >= 4 is 16.8 Å². The third-order valence-electron chi connectivity index (χ3n) is 4.18. The van der Waals surface area contributed by atoms with E-state index in [0.717, 1.165) is 55.1 Å². The van der Waals surface area contributed by atoms with Crippen molar-refractivity contribution in [3.05, 3.63) is 17.5 Å². The highest BCUT2D eigenvalue weighted by Crippen LogP contribution is 2.29. The number of aryl methyl sites for hydroxylation is 2. The SMILES string of the molecule is COC1(CNc2cc(C)nc3onc(C)c23)CCOCC1. The zero-order valence-corrected chi connectivity index (χ0v) is 12.7. The van der Waals surface area contributed by atoms with Crippen LogP contribution in [0.2, 0.25) is 0 Å². The van der Waals surface area contributed by atoms with Gasteiger partial charge in [0.05, 0.1) is 22.4 Å². The lowest BCUT2D eigenvalue weighted by atomic mass is 9.94. The van der Waals surface area contributed by atoms with Crippen LogP contribution in [0.4, 0.5) is 5.69 Å². The van der Waals surface area contributed by atoms with E-state index in [1.54, 1.807) is 7.11 Å². The molecule has 2 aromatic rings. The third-order valence-corrected chi connectivity index (χ3v) is 4.18. The minimum atomic E-state index is -0.174. The summed E-state index contributed by atoms with van der Waals surface area (Å²) in [7, 11) is 1.77. The summed E-state index contributed by atoms with van der Waals surface area (Å²) in [5, 5.41) is 8.44. The van der Waals surface area contributed by atoms with Gasteiger partial charge in [-0.15, -0.1) is 0 Å². The van der Waals surface area contributed by atoms with Gasteiger partial charge in [0.25, 0.3) is 5.71 Å². The fourth-order valence-corrected chi connectivity index (χ4v) is 2.81. The van der Waals surface area contributed by atoms with Gasteiger partial charge in [-0.2, -0.15) is 0 Å². The lowest BCUT2D eigenvalue weighted by molar-refractivity contribution is -0.0807. The van der Waals surface area contributed by atoms with Crippen LogP contribution < -0.4 is 5.32 Å². The molecule has 0 spiro atoms. The van der Waals surface area contributed by atoms with Crippen molar-refractivity contribution in [1.82, 2.24) is 10.1 Å². The Morgan fingerprint density at radius 1 is 1.33 bits per heavy atom. The molecule has 0 amide bonds. The standard InChI is InChI=1S/C15H21N3O3/c1-10-8-12(13-11(2)18-21-14(13)17-10)16-9-15(19-3)4-6-20-7-5-15/h8H,4-7,9H2,1-3H3,(H,16,17). The van der Waals surface area contributed by atoms with E-state index in [4.69, 9.17) is 14.0 Å². The van der Waals surface area contributed by atoms with E-state index in [1.165, 1.54) is 0 Å². The molecule has 1 fully saturated rings. The zero-order valence-electron chi connectivity index (χ0n) is 12.7. The summed E-state index contributed by atoms with van der Waals surface area (Å²) in [4.78, 5) is 4.37. The molecule has 0 aliphatic carbocycles. The van der Waals surface area contributed by atoms with Crippen LogP contribution in [-0.2, 0) is 9.47 Å². The number of hydrogen-bond acceptors (Lipinski definition) is 6. The Hall–Kier alpha value is -1.66. The molecular formula is C15H21N3O3. The van der Waals surface area contributed by atoms with Gasteiger partial charge in [0, 0.05) is 45.4 Å². The molecule has 0 bridgehead atoms. The van der Waals surface area contributed by atoms with Crippen LogP contribution in [-0.4, -0.2) is 42.6 Å². The number of rotatable bonds is 4. The van der Waals surface area contributed by atoms with Crippen molar-refractivity contribution in [1.29, 1.82) is 0 Å². The zero-order chi connectivity index (χ0) is 14.9. The quantitative estimate of drug-likeness (QED) is 0.933. The van der Waals surface area contributed by atoms with Gasteiger partial charge >= 0.3 is 0 Å². The molecule has 0 unspecified atom stereocenters. The maximum atomic E-state index is 5.76. The normalized spacial score (nSPS) is 18.0. The van der Waals surface area contributed by atoms with Crippen LogP contribution >= 0.6 is 0 Å². The lowest BCUT2D eigenvalue weighted by Crippen LogP contribution is -2.44. The Balaban J connectivity index is 1.86. The Bertz CT molecular complexity index is 632. The summed E-state index contributed by atoms with van der Waals surface area (Å²) in [6.07, 6.45) is 1.79. The van der Waals surface area contributed by atoms with Crippen LogP contribution in [0.5, 0.6) is 0 Å². The second kappa shape index (κ2) is 5.61. The second-order valence-corrected chi connectivity index (χ2v) is 5.61. The fraction of sp³-hybridized carbons (Fsp3) is 0.600. The molecule has 1 N–H and O–H groups in total. The molecule has 2 aromatic heterocycles. The minimum Gasteiger partial charge on any atom is -0.381 e. The molecule has 0 radical (unpaired) electrons. The highest BCUT2D eigenvalue weighted by atomic mass is 16.5. The molecule has 3 heterocycles. The number of ether oxygens (including phenoxy) is 2.